The van der Waals surface area contributed by atoms with E-state index >= 15 is 0 Å². The van der Waals surface area contributed by atoms with Gasteiger partial charge in [-0.1, -0.05) is 18.5 Å². The number of alkyl halides is 1. The Bertz CT molecular complexity index is 299. The van der Waals surface area contributed by atoms with Gasteiger partial charge in [-0.25, -0.2) is 0 Å². The van der Waals surface area contributed by atoms with Crippen LogP contribution < -0.4 is 4.74 Å². The van der Waals surface area contributed by atoms with Crippen LogP contribution in [0.25, 0.3) is 0 Å². The van der Waals surface area contributed by atoms with Gasteiger partial charge in [0.1, 0.15) is 5.75 Å². The lowest BCUT2D eigenvalue weighted by atomic mass is 10.2. The van der Waals surface area contributed by atoms with E-state index in [9.17, 15) is 0 Å². The highest BCUT2D eigenvalue weighted by Gasteiger charge is 2.06. The van der Waals surface area contributed by atoms with Crippen molar-refractivity contribution >= 4 is 23.2 Å². The van der Waals surface area contributed by atoms with Gasteiger partial charge < -0.3 is 4.74 Å². The number of ether oxygens (including phenoxy) is 1. The minimum absolute atomic E-state index is 0.207. The molecule has 78 valence electrons. The van der Waals surface area contributed by atoms with Gasteiger partial charge in [0.25, 0.3) is 0 Å². The third-order valence-electron chi connectivity index (χ3n) is 2.07. The zero-order valence-corrected chi connectivity index (χ0v) is 9.90. The second-order valence-electron chi connectivity index (χ2n) is 3.22. The molecule has 1 unspecified atom stereocenters. The van der Waals surface area contributed by atoms with Gasteiger partial charge in [-0.3, -0.25) is 0 Å². The Labute approximate surface area is 95.0 Å². The van der Waals surface area contributed by atoms with Gasteiger partial charge >= 0.3 is 0 Å². The summed E-state index contributed by atoms with van der Waals surface area (Å²) in [6.07, 6.45) is 1.18. The smallest absolute Gasteiger partial charge is 0.124 e. The van der Waals surface area contributed by atoms with Crippen molar-refractivity contribution in [2.24, 2.45) is 0 Å². The zero-order valence-electron chi connectivity index (χ0n) is 8.39. The molecule has 0 amide bonds. The van der Waals surface area contributed by atoms with E-state index in [-0.39, 0.29) is 6.10 Å². The van der Waals surface area contributed by atoms with Crippen molar-refractivity contribution in [3.05, 3.63) is 28.8 Å². The molecule has 0 N–H and O–H groups in total. The van der Waals surface area contributed by atoms with Crippen LogP contribution in [0.4, 0.5) is 0 Å². The summed E-state index contributed by atoms with van der Waals surface area (Å²) in [6.45, 7) is 4.12. The summed E-state index contributed by atoms with van der Waals surface area (Å²) >= 11 is 11.6. The molecule has 0 saturated heterocycles. The van der Waals surface area contributed by atoms with Crippen LogP contribution >= 0.6 is 23.2 Å². The number of hydrogen-bond acceptors (Lipinski definition) is 1. The van der Waals surface area contributed by atoms with Crippen molar-refractivity contribution in [1.82, 2.24) is 0 Å². The highest BCUT2D eigenvalue weighted by molar-refractivity contribution is 6.30. The summed E-state index contributed by atoms with van der Waals surface area (Å²) in [5, 5.41) is 0.692. The van der Waals surface area contributed by atoms with Crippen molar-refractivity contribution in [3.8, 4) is 5.75 Å². The first-order valence-corrected chi connectivity index (χ1v) is 5.59. The Morgan fingerprint density at radius 1 is 1.43 bits per heavy atom. The molecule has 1 aromatic carbocycles. The van der Waals surface area contributed by atoms with Crippen molar-refractivity contribution < 1.29 is 4.74 Å². The van der Waals surface area contributed by atoms with Crippen molar-refractivity contribution in [1.29, 1.82) is 0 Å². The minimum Gasteiger partial charge on any atom is -0.490 e. The van der Waals surface area contributed by atoms with Crippen molar-refractivity contribution in [3.63, 3.8) is 0 Å². The summed E-state index contributed by atoms with van der Waals surface area (Å²) in [5.41, 5.74) is 0.944. The average molecular weight is 233 g/mol. The normalized spacial score (nSPS) is 12.6. The van der Waals surface area contributed by atoms with Crippen LogP contribution in [0.2, 0.25) is 5.02 Å². The molecule has 0 heterocycles. The molecular weight excluding hydrogens is 219 g/mol. The molecule has 0 aliphatic carbocycles. The molecule has 0 bridgehead atoms. The SMILES string of the molecule is CCC(C)Oc1ccc(Cl)cc1CCl. The van der Waals surface area contributed by atoms with E-state index in [0.29, 0.717) is 10.9 Å². The predicted molar refractivity (Wildman–Crippen MR) is 61.4 cm³/mol. The van der Waals surface area contributed by atoms with Gasteiger partial charge in [0, 0.05) is 10.6 Å². The number of rotatable bonds is 4. The third kappa shape index (κ3) is 3.07. The Morgan fingerprint density at radius 3 is 2.71 bits per heavy atom. The molecule has 0 saturated carbocycles. The molecule has 0 aliphatic heterocycles. The Balaban J connectivity index is 2.85. The van der Waals surface area contributed by atoms with E-state index in [0.717, 1.165) is 17.7 Å². The van der Waals surface area contributed by atoms with Crippen LogP contribution in [0.3, 0.4) is 0 Å². The summed E-state index contributed by atoms with van der Waals surface area (Å²) in [7, 11) is 0. The number of hydrogen-bond donors (Lipinski definition) is 0. The first-order chi connectivity index (χ1) is 6.67. The quantitative estimate of drug-likeness (QED) is 0.706. The fraction of sp³-hybridized carbons (Fsp3) is 0.455. The van der Waals surface area contributed by atoms with Crippen molar-refractivity contribution in [2.75, 3.05) is 0 Å². The largest absolute Gasteiger partial charge is 0.490 e. The summed E-state index contributed by atoms with van der Waals surface area (Å²) < 4.78 is 5.70. The second kappa shape index (κ2) is 5.47. The molecule has 0 spiro atoms. The van der Waals surface area contributed by atoms with Crippen LogP contribution in [0.15, 0.2) is 18.2 Å². The minimum atomic E-state index is 0.207. The molecule has 0 fully saturated rings. The lowest BCUT2D eigenvalue weighted by Gasteiger charge is -2.15. The maximum Gasteiger partial charge on any atom is 0.124 e. The predicted octanol–water partition coefficient (Wildman–Crippen LogP) is 4.26. The van der Waals surface area contributed by atoms with Gasteiger partial charge in [0.2, 0.25) is 0 Å². The topological polar surface area (TPSA) is 9.23 Å². The monoisotopic (exact) mass is 232 g/mol. The van der Waals surface area contributed by atoms with Crippen molar-refractivity contribution in [2.45, 2.75) is 32.3 Å². The molecule has 1 nitrogen and oxygen atoms in total. The van der Waals surface area contributed by atoms with Crippen LogP contribution in [-0.4, -0.2) is 6.10 Å². The van der Waals surface area contributed by atoms with E-state index in [4.69, 9.17) is 27.9 Å². The molecule has 14 heavy (non-hydrogen) atoms. The molecule has 0 radical (unpaired) electrons. The lowest BCUT2D eigenvalue weighted by molar-refractivity contribution is 0.216. The second-order valence-corrected chi connectivity index (χ2v) is 3.93. The molecule has 1 rings (SSSR count). The number of benzene rings is 1. The Kier molecular flexibility index (Phi) is 4.56. The molecule has 1 atom stereocenters. The summed E-state index contributed by atoms with van der Waals surface area (Å²) in [6, 6.07) is 5.52. The number of halogens is 2. The van der Waals surface area contributed by atoms with Crippen LogP contribution in [-0.2, 0) is 5.88 Å². The van der Waals surface area contributed by atoms with E-state index in [1.54, 1.807) is 0 Å². The molecule has 0 aliphatic rings. The highest BCUT2D eigenvalue weighted by Crippen LogP contribution is 2.25. The van der Waals surface area contributed by atoms with E-state index in [2.05, 4.69) is 6.92 Å². The molecule has 1 aromatic rings. The lowest BCUT2D eigenvalue weighted by Crippen LogP contribution is -2.10. The van der Waals surface area contributed by atoms with Gasteiger partial charge in [0.15, 0.2) is 0 Å². The first kappa shape index (κ1) is 11.7. The van der Waals surface area contributed by atoms with Crippen LogP contribution in [0.5, 0.6) is 5.75 Å². The maximum atomic E-state index is 5.85. The van der Waals surface area contributed by atoms with E-state index < -0.39 is 0 Å². The Hall–Kier alpha value is -0.400. The molecular formula is C11H14Cl2O. The fourth-order valence-electron chi connectivity index (χ4n) is 1.07. The van der Waals surface area contributed by atoms with E-state index in [1.807, 2.05) is 25.1 Å². The average Bonchev–Trinajstić information content (AvgIpc) is 2.20. The van der Waals surface area contributed by atoms with Crippen LogP contribution in [0.1, 0.15) is 25.8 Å². The maximum absolute atomic E-state index is 5.85. The highest BCUT2D eigenvalue weighted by atomic mass is 35.5. The van der Waals surface area contributed by atoms with Gasteiger partial charge in [-0.2, -0.15) is 0 Å². The molecule has 3 heteroatoms. The standard InChI is InChI=1S/C11H14Cl2O/c1-3-8(2)14-11-5-4-10(13)6-9(11)7-12/h4-6,8H,3,7H2,1-2H3. The van der Waals surface area contributed by atoms with Gasteiger partial charge in [-0.15, -0.1) is 11.6 Å². The van der Waals surface area contributed by atoms with Crippen LogP contribution in [0, 0.1) is 0 Å². The summed E-state index contributed by atoms with van der Waals surface area (Å²) in [5.74, 6) is 1.26. The third-order valence-corrected chi connectivity index (χ3v) is 2.59. The van der Waals surface area contributed by atoms with Gasteiger partial charge in [0.05, 0.1) is 12.0 Å². The Morgan fingerprint density at radius 2 is 2.14 bits per heavy atom. The summed E-state index contributed by atoms with van der Waals surface area (Å²) in [4.78, 5) is 0. The van der Waals surface area contributed by atoms with Gasteiger partial charge in [-0.05, 0) is 31.5 Å². The molecule has 0 aromatic heterocycles. The van der Waals surface area contributed by atoms with E-state index in [1.165, 1.54) is 0 Å². The fourth-order valence-corrected chi connectivity index (χ4v) is 1.47. The zero-order chi connectivity index (χ0) is 10.6. The first-order valence-electron chi connectivity index (χ1n) is 4.68.